The third-order valence-electron chi connectivity index (χ3n) is 3.31. The number of nitrogens with one attached hydrogen (secondary N) is 1. The van der Waals surface area contributed by atoms with Crippen molar-refractivity contribution >= 4 is 11.3 Å². The summed E-state index contributed by atoms with van der Waals surface area (Å²) >= 11 is 1.78. The van der Waals surface area contributed by atoms with Crippen molar-refractivity contribution in [3.05, 3.63) is 16.1 Å². The Bertz CT molecular complexity index is 378. The van der Waals surface area contributed by atoms with E-state index in [0.717, 1.165) is 31.7 Å². The molecule has 1 N–H and O–H groups in total. The average molecular weight is 298 g/mol. The first-order chi connectivity index (χ1) is 9.39. The van der Waals surface area contributed by atoms with Crippen molar-refractivity contribution in [2.24, 2.45) is 11.8 Å². The third kappa shape index (κ3) is 5.15. The Balaban J connectivity index is 3.03. The first-order valence-electron chi connectivity index (χ1n) is 7.56. The second kappa shape index (κ2) is 8.11. The van der Waals surface area contributed by atoms with Crippen LogP contribution >= 0.6 is 11.3 Å². The maximum Gasteiger partial charge on any atom is 0.113 e. The van der Waals surface area contributed by atoms with E-state index in [0.29, 0.717) is 11.8 Å². The molecule has 0 atom stereocenters. The summed E-state index contributed by atoms with van der Waals surface area (Å²) in [7, 11) is 1.75. The monoisotopic (exact) mass is 298 g/mol. The summed E-state index contributed by atoms with van der Waals surface area (Å²) in [6.45, 7) is 12.8. The normalized spacial score (nSPS) is 12.6. The lowest BCUT2D eigenvalue weighted by Gasteiger charge is -2.36. The molecule has 0 aliphatic rings. The minimum Gasteiger partial charge on any atom is -0.383 e. The highest BCUT2D eigenvalue weighted by molar-refractivity contribution is 7.09. The molecule has 0 fully saturated rings. The van der Waals surface area contributed by atoms with Crippen LogP contribution in [0.15, 0.2) is 5.38 Å². The number of hydrogen-bond donors (Lipinski definition) is 1. The van der Waals surface area contributed by atoms with Crippen molar-refractivity contribution < 1.29 is 4.74 Å². The van der Waals surface area contributed by atoms with Crippen LogP contribution in [-0.4, -0.2) is 25.2 Å². The molecule has 116 valence electrons. The van der Waals surface area contributed by atoms with E-state index in [4.69, 9.17) is 9.72 Å². The van der Waals surface area contributed by atoms with Gasteiger partial charge >= 0.3 is 0 Å². The standard InChI is InChI=1S/C16H30N2OS/c1-12(2)9-16(10-13(3)4,17-7-8-19-6)15-18-14(5)11-20-15/h11-13,17H,7-10H2,1-6H3. The molecule has 20 heavy (non-hydrogen) atoms. The number of hydrogen-bond acceptors (Lipinski definition) is 4. The smallest absolute Gasteiger partial charge is 0.113 e. The zero-order valence-corrected chi connectivity index (χ0v) is 14.6. The molecule has 1 rings (SSSR count). The number of aryl methyl sites for hydroxylation is 1. The van der Waals surface area contributed by atoms with E-state index < -0.39 is 0 Å². The van der Waals surface area contributed by atoms with Gasteiger partial charge in [0.05, 0.1) is 12.1 Å². The van der Waals surface area contributed by atoms with Gasteiger partial charge in [-0.2, -0.15) is 0 Å². The van der Waals surface area contributed by atoms with Crippen LogP contribution in [0.25, 0.3) is 0 Å². The summed E-state index contributed by atoms with van der Waals surface area (Å²) in [6.07, 6.45) is 2.23. The number of thiazole rings is 1. The summed E-state index contributed by atoms with van der Waals surface area (Å²) in [5.41, 5.74) is 1.11. The molecule has 1 aromatic rings. The Morgan fingerprint density at radius 1 is 1.25 bits per heavy atom. The van der Waals surface area contributed by atoms with Gasteiger partial charge in [0.25, 0.3) is 0 Å². The van der Waals surface area contributed by atoms with Gasteiger partial charge in [-0.1, -0.05) is 27.7 Å². The maximum absolute atomic E-state index is 5.21. The second-order valence-electron chi connectivity index (χ2n) is 6.49. The number of nitrogens with zero attached hydrogens (tertiary/aromatic N) is 1. The number of aromatic nitrogens is 1. The fourth-order valence-electron chi connectivity index (χ4n) is 2.84. The van der Waals surface area contributed by atoms with Gasteiger partial charge in [0, 0.05) is 24.7 Å². The van der Waals surface area contributed by atoms with Gasteiger partial charge in [-0.3, -0.25) is 0 Å². The Hall–Kier alpha value is -0.450. The predicted molar refractivity (Wildman–Crippen MR) is 87.3 cm³/mol. The number of methoxy groups -OCH3 is 1. The van der Waals surface area contributed by atoms with E-state index in [1.165, 1.54) is 5.01 Å². The molecule has 3 nitrogen and oxygen atoms in total. The zero-order valence-electron chi connectivity index (χ0n) is 13.8. The fourth-order valence-corrected chi connectivity index (χ4v) is 3.83. The fraction of sp³-hybridized carbons (Fsp3) is 0.812. The minimum atomic E-state index is -0.0141. The molecular formula is C16H30N2OS. The summed E-state index contributed by atoms with van der Waals surface area (Å²) in [6, 6.07) is 0. The lowest BCUT2D eigenvalue weighted by molar-refractivity contribution is 0.163. The molecule has 0 saturated carbocycles. The molecule has 0 bridgehead atoms. The molecule has 0 saturated heterocycles. The van der Waals surface area contributed by atoms with Crippen molar-refractivity contribution in [2.75, 3.05) is 20.3 Å². The van der Waals surface area contributed by atoms with Crippen LogP contribution in [0.5, 0.6) is 0 Å². The molecule has 0 aromatic carbocycles. The molecular weight excluding hydrogens is 268 g/mol. The Morgan fingerprint density at radius 3 is 2.25 bits per heavy atom. The van der Waals surface area contributed by atoms with Crippen LogP contribution in [0.2, 0.25) is 0 Å². The van der Waals surface area contributed by atoms with Crippen molar-refractivity contribution in [2.45, 2.75) is 53.0 Å². The number of ether oxygens (including phenoxy) is 1. The van der Waals surface area contributed by atoms with E-state index >= 15 is 0 Å². The molecule has 0 unspecified atom stereocenters. The zero-order chi connectivity index (χ0) is 15.2. The van der Waals surface area contributed by atoms with Crippen LogP contribution in [0, 0.1) is 18.8 Å². The topological polar surface area (TPSA) is 34.1 Å². The Kier molecular flexibility index (Phi) is 7.13. The van der Waals surface area contributed by atoms with Crippen LogP contribution in [-0.2, 0) is 10.3 Å². The molecule has 1 aromatic heterocycles. The maximum atomic E-state index is 5.21. The van der Waals surface area contributed by atoms with Crippen molar-refractivity contribution in [1.29, 1.82) is 0 Å². The van der Waals surface area contributed by atoms with Crippen molar-refractivity contribution in [3.8, 4) is 0 Å². The minimum absolute atomic E-state index is 0.0141. The first kappa shape index (κ1) is 17.6. The van der Waals surface area contributed by atoms with E-state index in [9.17, 15) is 0 Å². The van der Waals surface area contributed by atoms with Gasteiger partial charge in [0.1, 0.15) is 5.01 Å². The highest BCUT2D eigenvalue weighted by Gasteiger charge is 2.35. The van der Waals surface area contributed by atoms with Crippen LogP contribution < -0.4 is 5.32 Å². The molecule has 0 aliphatic carbocycles. The average Bonchev–Trinajstić information content (AvgIpc) is 2.75. The predicted octanol–water partition coefficient (Wildman–Crippen LogP) is 3.98. The van der Waals surface area contributed by atoms with Crippen LogP contribution in [0.4, 0.5) is 0 Å². The van der Waals surface area contributed by atoms with E-state index in [1.54, 1.807) is 18.4 Å². The molecule has 0 spiro atoms. The van der Waals surface area contributed by atoms with Crippen molar-refractivity contribution in [3.63, 3.8) is 0 Å². The number of rotatable bonds is 9. The Labute approximate surface area is 128 Å². The summed E-state index contributed by atoms with van der Waals surface area (Å²) in [4.78, 5) is 4.78. The van der Waals surface area contributed by atoms with Gasteiger partial charge in [0.15, 0.2) is 0 Å². The van der Waals surface area contributed by atoms with Gasteiger partial charge in [-0.15, -0.1) is 11.3 Å². The van der Waals surface area contributed by atoms with Gasteiger partial charge in [-0.25, -0.2) is 4.98 Å². The van der Waals surface area contributed by atoms with E-state index in [-0.39, 0.29) is 5.54 Å². The van der Waals surface area contributed by atoms with Crippen molar-refractivity contribution in [1.82, 2.24) is 10.3 Å². The van der Waals surface area contributed by atoms with Gasteiger partial charge in [0.2, 0.25) is 0 Å². The second-order valence-corrected chi connectivity index (χ2v) is 7.35. The quantitative estimate of drug-likeness (QED) is 0.700. The lowest BCUT2D eigenvalue weighted by atomic mass is 9.82. The van der Waals surface area contributed by atoms with Gasteiger partial charge in [-0.05, 0) is 31.6 Å². The van der Waals surface area contributed by atoms with Gasteiger partial charge < -0.3 is 10.1 Å². The SMILES string of the molecule is COCCNC(CC(C)C)(CC(C)C)c1nc(C)cs1. The first-order valence-corrected chi connectivity index (χ1v) is 8.44. The van der Waals surface area contributed by atoms with Crippen LogP contribution in [0.1, 0.15) is 51.2 Å². The molecule has 4 heteroatoms. The summed E-state index contributed by atoms with van der Waals surface area (Å²) in [5, 5.41) is 7.13. The Morgan fingerprint density at radius 2 is 1.85 bits per heavy atom. The van der Waals surface area contributed by atoms with Crippen LogP contribution in [0.3, 0.4) is 0 Å². The largest absolute Gasteiger partial charge is 0.383 e. The van der Waals surface area contributed by atoms with E-state index in [1.807, 2.05) is 0 Å². The summed E-state index contributed by atoms with van der Waals surface area (Å²) < 4.78 is 5.21. The van der Waals surface area contributed by atoms with E-state index in [2.05, 4.69) is 45.3 Å². The molecule has 0 aliphatic heterocycles. The molecule has 0 amide bonds. The highest BCUT2D eigenvalue weighted by Crippen LogP contribution is 2.36. The third-order valence-corrected chi connectivity index (χ3v) is 4.48. The highest BCUT2D eigenvalue weighted by atomic mass is 32.1. The summed E-state index contributed by atoms with van der Waals surface area (Å²) in [5.74, 6) is 1.26. The molecule has 0 radical (unpaired) electrons. The molecule has 1 heterocycles. The lowest BCUT2D eigenvalue weighted by Crippen LogP contribution is -2.46.